The van der Waals surface area contributed by atoms with Gasteiger partial charge in [-0.1, -0.05) is 32.1 Å². The minimum Gasteiger partial charge on any atom is -0.342 e. The van der Waals surface area contributed by atoms with Crippen LogP contribution in [0.3, 0.4) is 0 Å². The van der Waals surface area contributed by atoms with Crippen molar-refractivity contribution in [1.29, 1.82) is 0 Å². The number of nitrogens with two attached hydrogens (primary N) is 1. The first-order valence-corrected chi connectivity index (χ1v) is 7.80. The second kappa shape index (κ2) is 7.13. The Morgan fingerprint density at radius 3 is 2.33 bits per heavy atom. The van der Waals surface area contributed by atoms with Gasteiger partial charge in [0.05, 0.1) is 0 Å². The van der Waals surface area contributed by atoms with Gasteiger partial charge in [-0.2, -0.15) is 0 Å². The van der Waals surface area contributed by atoms with Crippen molar-refractivity contribution in [2.75, 3.05) is 19.6 Å². The number of carbonyl (C=O) groups is 1. The quantitative estimate of drug-likeness (QED) is 0.821. The molecule has 3 nitrogen and oxygen atoms in total. The molecule has 18 heavy (non-hydrogen) atoms. The molecule has 0 spiro atoms. The van der Waals surface area contributed by atoms with Crippen molar-refractivity contribution in [1.82, 2.24) is 4.90 Å². The van der Waals surface area contributed by atoms with Gasteiger partial charge in [0.1, 0.15) is 0 Å². The highest BCUT2D eigenvalue weighted by Crippen LogP contribution is 2.26. The van der Waals surface area contributed by atoms with Gasteiger partial charge in [-0.15, -0.1) is 0 Å². The van der Waals surface area contributed by atoms with Crippen LogP contribution >= 0.6 is 0 Å². The largest absolute Gasteiger partial charge is 0.342 e. The average molecular weight is 252 g/mol. The molecule has 1 heterocycles. The molecule has 2 N–H and O–H groups in total. The molecule has 2 aliphatic rings. The molecule has 0 aromatic heterocycles. The summed E-state index contributed by atoms with van der Waals surface area (Å²) in [6.45, 7) is 2.60. The first kappa shape index (κ1) is 13.9. The molecule has 3 heteroatoms. The van der Waals surface area contributed by atoms with Crippen LogP contribution in [0, 0.1) is 11.8 Å². The summed E-state index contributed by atoms with van der Waals surface area (Å²) in [5, 5.41) is 0. The molecule has 1 unspecified atom stereocenters. The van der Waals surface area contributed by atoms with Crippen molar-refractivity contribution in [3.63, 3.8) is 0 Å². The van der Waals surface area contributed by atoms with Gasteiger partial charge in [0, 0.05) is 19.0 Å². The molecule has 1 saturated heterocycles. The Kier molecular flexibility index (Phi) is 5.48. The van der Waals surface area contributed by atoms with Crippen molar-refractivity contribution in [3.8, 4) is 0 Å². The number of amides is 1. The summed E-state index contributed by atoms with van der Waals surface area (Å²) in [5.74, 6) is 1.27. The Labute approximate surface area is 111 Å². The molecule has 0 bridgehead atoms. The zero-order chi connectivity index (χ0) is 12.8. The summed E-state index contributed by atoms with van der Waals surface area (Å²) in [4.78, 5) is 14.7. The monoisotopic (exact) mass is 252 g/mol. The molecule has 0 radical (unpaired) electrons. The first-order chi connectivity index (χ1) is 8.81. The van der Waals surface area contributed by atoms with Crippen molar-refractivity contribution < 1.29 is 4.79 Å². The Hall–Kier alpha value is -0.570. The van der Waals surface area contributed by atoms with Gasteiger partial charge in [-0.3, -0.25) is 4.79 Å². The number of hydrogen-bond acceptors (Lipinski definition) is 2. The van der Waals surface area contributed by atoms with Gasteiger partial charge in [-0.25, -0.2) is 0 Å². The van der Waals surface area contributed by atoms with E-state index in [1.807, 2.05) is 0 Å². The normalized spacial score (nSPS) is 27.6. The number of rotatable bonds is 2. The maximum Gasteiger partial charge on any atom is 0.225 e. The highest BCUT2D eigenvalue weighted by atomic mass is 16.2. The number of hydrogen-bond donors (Lipinski definition) is 1. The summed E-state index contributed by atoms with van der Waals surface area (Å²) in [5.41, 5.74) is 5.75. The van der Waals surface area contributed by atoms with E-state index in [1.165, 1.54) is 38.5 Å². The van der Waals surface area contributed by atoms with Crippen LogP contribution in [-0.2, 0) is 4.79 Å². The van der Waals surface area contributed by atoms with E-state index in [2.05, 4.69) is 4.90 Å². The van der Waals surface area contributed by atoms with Crippen LogP contribution in [0.1, 0.15) is 57.8 Å². The van der Waals surface area contributed by atoms with Crippen molar-refractivity contribution in [3.05, 3.63) is 0 Å². The third kappa shape index (κ3) is 3.71. The van der Waals surface area contributed by atoms with E-state index < -0.39 is 0 Å². The lowest BCUT2D eigenvalue weighted by Crippen LogP contribution is -2.44. The molecule has 1 amide bonds. The van der Waals surface area contributed by atoms with Crippen molar-refractivity contribution >= 4 is 5.91 Å². The van der Waals surface area contributed by atoms with Crippen molar-refractivity contribution in [2.24, 2.45) is 17.6 Å². The molecule has 2 fully saturated rings. The zero-order valence-corrected chi connectivity index (χ0v) is 11.6. The van der Waals surface area contributed by atoms with E-state index in [0.29, 0.717) is 17.7 Å². The summed E-state index contributed by atoms with van der Waals surface area (Å²) < 4.78 is 0. The van der Waals surface area contributed by atoms with E-state index in [9.17, 15) is 4.79 Å². The van der Waals surface area contributed by atoms with E-state index in [0.717, 1.165) is 38.9 Å². The molecule has 2 rings (SSSR count). The van der Waals surface area contributed by atoms with Crippen LogP contribution in [0.25, 0.3) is 0 Å². The van der Waals surface area contributed by atoms with Gasteiger partial charge < -0.3 is 10.6 Å². The molecule has 0 aromatic rings. The summed E-state index contributed by atoms with van der Waals surface area (Å²) in [6.07, 6.45) is 11.0. The van der Waals surface area contributed by atoms with Crippen LogP contribution in [0.4, 0.5) is 0 Å². The van der Waals surface area contributed by atoms with E-state index in [1.54, 1.807) is 0 Å². The Balaban J connectivity index is 1.87. The Bertz CT molecular complexity index is 255. The van der Waals surface area contributed by atoms with Crippen LogP contribution in [0.15, 0.2) is 0 Å². The zero-order valence-electron chi connectivity index (χ0n) is 11.6. The van der Waals surface area contributed by atoms with Gasteiger partial charge in [0.2, 0.25) is 5.91 Å². The summed E-state index contributed by atoms with van der Waals surface area (Å²) >= 11 is 0. The second-order valence-electron chi connectivity index (χ2n) is 6.07. The van der Waals surface area contributed by atoms with E-state index >= 15 is 0 Å². The van der Waals surface area contributed by atoms with Crippen LogP contribution in [-0.4, -0.2) is 30.4 Å². The highest BCUT2D eigenvalue weighted by molar-refractivity contribution is 5.78. The smallest absolute Gasteiger partial charge is 0.225 e. The van der Waals surface area contributed by atoms with E-state index in [-0.39, 0.29) is 0 Å². The molecular weight excluding hydrogens is 224 g/mol. The maximum absolute atomic E-state index is 12.6. The minimum absolute atomic E-state index is 0.307. The molecule has 1 aliphatic heterocycles. The average Bonchev–Trinajstić information content (AvgIpc) is 2.38. The van der Waals surface area contributed by atoms with Gasteiger partial charge in [0.25, 0.3) is 0 Å². The maximum atomic E-state index is 12.6. The second-order valence-corrected chi connectivity index (χ2v) is 6.07. The SMILES string of the molecule is NCC1CCCN(C(=O)C2CCCCCCC2)C1. The van der Waals surface area contributed by atoms with Gasteiger partial charge in [0.15, 0.2) is 0 Å². The lowest BCUT2D eigenvalue weighted by Gasteiger charge is -2.35. The number of carbonyl (C=O) groups excluding carboxylic acids is 1. The topological polar surface area (TPSA) is 46.3 Å². The third-order valence-corrected chi connectivity index (χ3v) is 4.62. The fourth-order valence-electron chi connectivity index (χ4n) is 3.42. The molecule has 1 atom stereocenters. The van der Waals surface area contributed by atoms with Crippen molar-refractivity contribution in [2.45, 2.75) is 57.8 Å². The summed E-state index contributed by atoms with van der Waals surface area (Å²) in [7, 11) is 0. The fourth-order valence-corrected chi connectivity index (χ4v) is 3.42. The number of nitrogens with zero attached hydrogens (tertiary/aromatic N) is 1. The molecule has 1 saturated carbocycles. The van der Waals surface area contributed by atoms with Gasteiger partial charge >= 0.3 is 0 Å². The highest BCUT2D eigenvalue weighted by Gasteiger charge is 2.28. The lowest BCUT2D eigenvalue weighted by atomic mass is 9.89. The van der Waals surface area contributed by atoms with Crippen LogP contribution in [0.5, 0.6) is 0 Å². The summed E-state index contributed by atoms with van der Waals surface area (Å²) in [6, 6.07) is 0. The fraction of sp³-hybridized carbons (Fsp3) is 0.933. The van der Waals surface area contributed by atoms with Crippen LogP contribution in [0.2, 0.25) is 0 Å². The molecule has 0 aromatic carbocycles. The molecule has 1 aliphatic carbocycles. The number of piperidine rings is 1. The molecule has 104 valence electrons. The molecular formula is C15H28N2O. The predicted octanol–water partition coefficient (Wildman–Crippen LogP) is 2.54. The number of likely N-dealkylation sites (tertiary alicyclic amines) is 1. The predicted molar refractivity (Wildman–Crippen MR) is 74.2 cm³/mol. The standard InChI is InChI=1S/C15H28N2O/c16-11-13-7-6-10-17(12-13)15(18)14-8-4-2-1-3-5-9-14/h13-14H,1-12,16H2. The third-order valence-electron chi connectivity index (χ3n) is 4.62. The Morgan fingerprint density at radius 2 is 1.67 bits per heavy atom. The minimum atomic E-state index is 0.307. The Morgan fingerprint density at radius 1 is 1.00 bits per heavy atom. The van der Waals surface area contributed by atoms with E-state index in [4.69, 9.17) is 5.73 Å². The van der Waals surface area contributed by atoms with Crippen LogP contribution < -0.4 is 5.73 Å². The van der Waals surface area contributed by atoms with Gasteiger partial charge in [-0.05, 0) is 38.1 Å². The first-order valence-electron chi connectivity index (χ1n) is 7.80. The lowest BCUT2D eigenvalue weighted by molar-refractivity contribution is -0.138.